The fourth-order valence-electron chi connectivity index (χ4n) is 6.64. The molecule has 0 bridgehead atoms. The molecule has 0 radical (unpaired) electrons. The zero-order valence-electron chi connectivity index (χ0n) is 30.3. The van der Waals surface area contributed by atoms with Gasteiger partial charge >= 0.3 is 12.1 Å². The average molecular weight is 681 g/mol. The van der Waals surface area contributed by atoms with Gasteiger partial charge < -0.3 is 34.5 Å². The summed E-state index contributed by atoms with van der Waals surface area (Å²) < 4.78 is 23.0. The molecular weight excluding hydrogens is 628 g/mol. The second kappa shape index (κ2) is 13.7. The number of methoxy groups -OCH3 is 1. The van der Waals surface area contributed by atoms with Crippen LogP contribution < -0.4 is 20.1 Å². The molecule has 0 spiro atoms. The van der Waals surface area contributed by atoms with E-state index in [1.54, 1.807) is 34.8 Å². The first-order valence-electron chi connectivity index (χ1n) is 17.4. The molecule has 1 saturated heterocycles. The minimum atomic E-state index is -1.13. The lowest BCUT2D eigenvalue weighted by Gasteiger charge is -2.36. The fraction of sp³-hybridized carbons (Fsp3) is 0.649. The largest absolute Gasteiger partial charge is 0.497 e. The Labute approximate surface area is 288 Å². The molecule has 5 rings (SSSR count). The second-order valence-electron chi connectivity index (χ2n) is 15.6. The third kappa shape index (κ3) is 8.05. The van der Waals surface area contributed by atoms with Gasteiger partial charge in [0.1, 0.15) is 40.8 Å². The zero-order chi connectivity index (χ0) is 35.9. The highest BCUT2D eigenvalue weighted by Crippen LogP contribution is 2.47. The number of rotatable bonds is 11. The highest BCUT2D eigenvalue weighted by Gasteiger charge is 2.62. The number of ether oxygens (including phenoxy) is 4. The minimum absolute atomic E-state index is 0.0646. The van der Waals surface area contributed by atoms with E-state index < -0.39 is 58.6 Å². The van der Waals surface area contributed by atoms with Crippen molar-refractivity contribution in [1.29, 1.82) is 0 Å². The van der Waals surface area contributed by atoms with Crippen LogP contribution in [0.3, 0.4) is 0 Å². The van der Waals surface area contributed by atoms with Crippen molar-refractivity contribution in [1.82, 2.24) is 20.5 Å². The van der Waals surface area contributed by atoms with Crippen LogP contribution in [-0.2, 0) is 23.9 Å². The smallest absolute Gasteiger partial charge is 0.408 e. The maximum Gasteiger partial charge on any atom is 0.408 e. The number of benzene rings is 1. The number of hydrogen-bond acceptors (Lipinski definition) is 9. The van der Waals surface area contributed by atoms with Crippen LogP contribution in [-0.4, -0.2) is 83.3 Å². The van der Waals surface area contributed by atoms with E-state index in [1.807, 2.05) is 52.0 Å². The lowest BCUT2D eigenvalue weighted by molar-refractivity contribution is -0.150. The predicted octanol–water partition coefficient (Wildman–Crippen LogP) is 5.26. The molecule has 3 aliphatic rings. The molecule has 1 aromatic carbocycles. The van der Waals surface area contributed by atoms with Crippen LogP contribution in [0.4, 0.5) is 4.79 Å². The third-order valence-corrected chi connectivity index (χ3v) is 9.49. The van der Waals surface area contributed by atoms with E-state index in [1.165, 1.54) is 4.90 Å². The van der Waals surface area contributed by atoms with E-state index in [2.05, 4.69) is 10.6 Å². The number of nitrogens with zero attached hydrogens (tertiary/aromatic N) is 2. The number of nitrogens with one attached hydrogen (secondary N) is 2. The van der Waals surface area contributed by atoms with E-state index >= 15 is 0 Å². The fourth-order valence-corrected chi connectivity index (χ4v) is 6.64. The van der Waals surface area contributed by atoms with Gasteiger partial charge in [-0.05, 0) is 70.4 Å². The van der Waals surface area contributed by atoms with E-state index in [0.717, 1.165) is 29.4 Å². The molecule has 2 saturated carbocycles. The van der Waals surface area contributed by atoms with Crippen LogP contribution in [0.15, 0.2) is 24.3 Å². The maximum atomic E-state index is 14.5. The molecule has 3 fully saturated rings. The number of hydrogen-bond donors (Lipinski definition) is 2. The van der Waals surface area contributed by atoms with Gasteiger partial charge in [0.2, 0.25) is 11.8 Å². The Kier molecular flexibility index (Phi) is 10.1. The molecule has 2 aromatic rings. The van der Waals surface area contributed by atoms with Gasteiger partial charge in [-0.15, -0.1) is 0 Å². The number of amides is 3. The number of aromatic nitrogens is 1. The van der Waals surface area contributed by atoms with Crippen LogP contribution in [0.25, 0.3) is 10.9 Å². The van der Waals surface area contributed by atoms with Crippen molar-refractivity contribution in [3.63, 3.8) is 0 Å². The van der Waals surface area contributed by atoms with Gasteiger partial charge in [0.15, 0.2) is 0 Å². The number of alkyl carbamates (subject to hydrolysis) is 1. The maximum absolute atomic E-state index is 14.5. The van der Waals surface area contributed by atoms with Crippen molar-refractivity contribution in [3.8, 4) is 11.5 Å². The molecule has 5 atom stereocenters. The molecule has 3 amide bonds. The summed E-state index contributed by atoms with van der Waals surface area (Å²) in [6, 6.07) is 5.59. The van der Waals surface area contributed by atoms with Gasteiger partial charge in [0.25, 0.3) is 0 Å². The summed E-state index contributed by atoms with van der Waals surface area (Å²) in [5.74, 6) is 0.212. The third-order valence-electron chi connectivity index (χ3n) is 9.49. The zero-order valence-corrected chi connectivity index (χ0v) is 30.3. The summed E-state index contributed by atoms with van der Waals surface area (Å²) in [6.45, 7) is 14.7. The quantitative estimate of drug-likeness (QED) is 0.304. The normalized spacial score (nSPS) is 24.2. The lowest BCUT2D eigenvalue weighted by atomic mass is 9.85. The predicted molar refractivity (Wildman–Crippen MR) is 183 cm³/mol. The number of fused-ring (bicyclic) bond motifs is 1. The highest BCUT2D eigenvalue weighted by molar-refractivity contribution is 5.96. The molecule has 2 aliphatic carbocycles. The van der Waals surface area contributed by atoms with Crippen LogP contribution in [0.2, 0.25) is 0 Å². The highest BCUT2D eigenvalue weighted by atomic mass is 16.6. The molecule has 2 heterocycles. The topological polar surface area (TPSA) is 145 Å². The Morgan fingerprint density at radius 2 is 1.78 bits per heavy atom. The summed E-state index contributed by atoms with van der Waals surface area (Å²) in [6.07, 6.45) is 2.13. The molecule has 2 N–H and O–H groups in total. The van der Waals surface area contributed by atoms with Crippen molar-refractivity contribution in [2.24, 2.45) is 11.3 Å². The van der Waals surface area contributed by atoms with Gasteiger partial charge in [0.05, 0.1) is 25.8 Å². The van der Waals surface area contributed by atoms with Gasteiger partial charge in [-0.25, -0.2) is 9.59 Å². The van der Waals surface area contributed by atoms with E-state index in [-0.39, 0.29) is 25.5 Å². The average Bonchev–Trinajstić information content (AvgIpc) is 3.94. The van der Waals surface area contributed by atoms with E-state index in [4.69, 9.17) is 23.9 Å². The van der Waals surface area contributed by atoms with Gasteiger partial charge in [-0.2, -0.15) is 0 Å². The first-order valence-corrected chi connectivity index (χ1v) is 17.4. The summed E-state index contributed by atoms with van der Waals surface area (Å²) in [4.78, 5) is 61.1. The number of pyridine rings is 1. The summed E-state index contributed by atoms with van der Waals surface area (Å²) in [5, 5.41) is 6.55. The number of carbonyl (C=O) groups is 4. The summed E-state index contributed by atoms with van der Waals surface area (Å²) >= 11 is 0. The summed E-state index contributed by atoms with van der Waals surface area (Å²) in [5.41, 5.74) is -0.968. The van der Waals surface area contributed by atoms with Crippen LogP contribution >= 0.6 is 0 Å². The molecular formula is C37H52N4O8. The Bertz CT molecular complexity index is 1590. The van der Waals surface area contributed by atoms with Crippen LogP contribution in [0.5, 0.6) is 11.5 Å². The van der Waals surface area contributed by atoms with Crippen molar-refractivity contribution in [2.75, 3.05) is 20.3 Å². The molecule has 12 nitrogen and oxygen atoms in total. The summed E-state index contributed by atoms with van der Waals surface area (Å²) in [7, 11) is 1.61. The van der Waals surface area contributed by atoms with Gasteiger partial charge in [-0.1, -0.05) is 34.1 Å². The van der Waals surface area contributed by atoms with Crippen molar-refractivity contribution in [2.45, 2.75) is 123 Å². The second-order valence-corrected chi connectivity index (χ2v) is 15.6. The lowest BCUT2D eigenvalue weighted by Crippen LogP contribution is -2.59. The first-order chi connectivity index (χ1) is 23.0. The van der Waals surface area contributed by atoms with Crippen LogP contribution in [0.1, 0.15) is 99.1 Å². The minimum Gasteiger partial charge on any atom is -0.497 e. The Morgan fingerprint density at radius 3 is 2.35 bits per heavy atom. The molecule has 268 valence electrons. The van der Waals surface area contributed by atoms with Gasteiger partial charge in [0, 0.05) is 35.6 Å². The monoisotopic (exact) mass is 680 g/mol. The SMILES string of the molecule is CCOC(=O)[C@@]1(NC(=O)[C@@H]2C[C@@H](Oc3cc(C4CC4)nc4cc(OC)ccc34)CN2C(=O)[C@@H](NC(=O)OC(C)(C)C)C(C)(C)C)C[C@H]1CC. The number of esters is 1. The van der Waals surface area contributed by atoms with Crippen molar-refractivity contribution < 1.29 is 38.1 Å². The standard InChI is InChI=1S/C37H52N4O8/c1-10-22-19-37(22,33(44)47-11-2)40-31(42)28-17-24(20-41(28)32(43)30(35(3,4)5)39-34(45)49-36(6,7)8)48-29-18-26(21-12-13-21)38-27-16-23(46-9)14-15-25(27)29/h14-16,18,21-22,24,28,30H,10-13,17,19-20H2,1-9H3,(H,39,45)(H,40,42)/t22-,24-,28+,30-,37-/m1/s1. The van der Waals surface area contributed by atoms with E-state index in [9.17, 15) is 19.2 Å². The number of likely N-dealkylation sites (tertiary alicyclic amines) is 1. The van der Waals surface area contributed by atoms with E-state index in [0.29, 0.717) is 30.3 Å². The Morgan fingerprint density at radius 1 is 1.06 bits per heavy atom. The first kappa shape index (κ1) is 36.2. The molecule has 1 aromatic heterocycles. The number of carbonyl (C=O) groups excluding carboxylic acids is 4. The van der Waals surface area contributed by atoms with Gasteiger partial charge in [-0.3, -0.25) is 14.6 Å². The van der Waals surface area contributed by atoms with Crippen molar-refractivity contribution in [3.05, 3.63) is 30.0 Å². The Balaban J connectivity index is 1.47. The molecule has 12 heteroatoms. The Hall–Kier alpha value is -4.09. The van der Waals surface area contributed by atoms with Crippen LogP contribution in [0, 0.1) is 11.3 Å². The van der Waals surface area contributed by atoms with Crippen molar-refractivity contribution >= 4 is 34.8 Å². The molecule has 0 unspecified atom stereocenters. The molecule has 1 aliphatic heterocycles. The molecule has 49 heavy (non-hydrogen) atoms.